The molecule has 1 aromatic carbocycles. The molecule has 1 aliphatic heterocycles. The predicted octanol–water partition coefficient (Wildman–Crippen LogP) is 2.17. The molecule has 1 fully saturated rings. The zero-order chi connectivity index (χ0) is 21.7. The minimum Gasteiger partial charge on any atom is -0.619 e. The number of benzene rings is 1. The summed E-state index contributed by atoms with van der Waals surface area (Å²) in [5.41, 5.74) is 7.45. The Balaban J connectivity index is 1.74. The van der Waals surface area contributed by atoms with E-state index >= 15 is 0 Å². The summed E-state index contributed by atoms with van der Waals surface area (Å²) in [7, 11) is 0. The van der Waals surface area contributed by atoms with Gasteiger partial charge in [-0.05, 0) is 37.0 Å². The lowest BCUT2D eigenvalue weighted by molar-refractivity contribution is -0.614. The molecule has 8 heteroatoms. The minimum absolute atomic E-state index is 0.0702. The fraction of sp³-hybridized carbons (Fsp3) is 0.409. The molecule has 1 aromatic heterocycles. The van der Waals surface area contributed by atoms with E-state index in [9.17, 15) is 19.9 Å². The van der Waals surface area contributed by atoms with Crippen molar-refractivity contribution in [2.24, 2.45) is 11.7 Å². The number of amides is 1. The molecular weight excluding hydrogens is 406 g/mol. The van der Waals surface area contributed by atoms with Gasteiger partial charge in [0.1, 0.15) is 0 Å². The number of carboxylic acids is 1. The summed E-state index contributed by atoms with van der Waals surface area (Å²) < 4.78 is 0.673. The third kappa shape index (κ3) is 5.70. The second kappa shape index (κ2) is 9.45. The van der Waals surface area contributed by atoms with Crippen LogP contribution in [0.3, 0.4) is 0 Å². The molecule has 2 aromatic rings. The number of nitrogens with zero attached hydrogens (tertiary/aromatic N) is 2. The predicted molar refractivity (Wildman–Crippen MR) is 113 cm³/mol. The normalized spacial score (nSPS) is 20.0. The number of rotatable bonds is 7. The van der Waals surface area contributed by atoms with E-state index in [0.717, 1.165) is 18.4 Å². The van der Waals surface area contributed by atoms with Crippen molar-refractivity contribution in [2.45, 2.75) is 37.6 Å². The summed E-state index contributed by atoms with van der Waals surface area (Å²) in [4.78, 5) is 26.2. The molecule has 2 heterocycles. The first kappa shape index (κ1) is 22.1. The number of aromatic nitrogens is 1. The van der Waals surface area contributed by atoms with Crippen molar-refractivity contribution < 1.29 is 19.4 Å². The maximum Gasteiger partial charge on any atom is 0.304 e. The van der Waals surface area contributed by atoms with Gasteiger partial charge in [-0.1, -0.05) is 29.8 Å². The molecule has 1 saturated heterocycles. The lowest BCUT2D eigenvalue weighted by Crippen LogP contribution is -2.58. The molecule has 1 unspecified atom stereocenters. The fourth-order valence-corrected chi connectivity index (χ4v) is 4.22. The molecule has 0 bridgehead atoms. The van der Waals surface area contributed by atoms with Gasteiger partial charge in [-0.2, -0.15) is 4.73 Å². The van der Waals surface area contributed by atoms with E-state index in [4.69, 9.17) is 17.3 Å². The molecular formula is C22H26ClN3O4. The standard InChI is InChI=1S/C22H26ClN3O4/c23-18-7-5-16(6-8-18)14-22(24)9-3-10-25(15-22)21(29)17(13-20(27)28)12-19-4-1-2-11-26(19)30/h1-2,4-8,11,17H,3,9-10,12-15,24H2,(H,27,28)/t17?,22-/m1/s1. The molecule has 3 rings (SSSR count). The highest BCUT2D eigenvalue weighted by molar-refractivity contribution is 6.30. The summed E-state index contributed by atoms with van der Waals surface area (Å²) in [5.74, 6) is -2.16. The molecule has 0 spiro atoms. The minimum atomic E-state index is -1.07. The van der Waals surface area contributed by atoms with Gasteiger partial charge >= 0.3 is 5.97 Å². The molecule has 1 amide bonds. The van der Waals surface area contributed by atoms with Crippen LogP contribution < -0.4 is 10.5 Å². The smallest absolute Gasteiger partial charge is 0.304 e. The molecule has 0 saturated carbocycles. The second-order valence-electron chi connectivity index (χ2n) is 8.05. The van der Waals surface area contributed by atoms with Gasteiger partial charge in [0, 0.05) is 42.2 Å². The Hall–Kier alpha value is -2.64. The zero-order valence-corrected chi connectivity index (χ0v) is 17.4. The molecule has 2 atom stereocenters. The number of aliphatic carboxylic acids is 1. The Morgan fingerprint density at radius 3 is 2.67 bits per heavy atom. The molecule has 1 aliphatic rings. The average Bonchev–Trinajstić information content (AvgIpc) is 2.70. The van der Waals surface area contributed by atoms with Gasteiger partial charge in [0.25, 0.3) is 0 Å². The van der Waals surface area contributed by atoms with Crippen LogP contribution in [0.15, 0.2) is 48.7 Å². The number of hydrogen-bond acceptors (Lipinski definition) is 4. The van der Waals surface area contributed by atoms with Gasteiger partial charge < -0.3 is 20.9 Å². The van der Waals surface area contributed by atoms with E-state index in [-0.39, 0.29) is 18.7 Å². The summed E-state index contributed by atoms with van der Waals surface area (Å²) in [6.45, 7) is 0.872. The van der Waals surface area contributed by atoms with Crippen molar-refractivity contribution >= 4 is 23.5 Å². The van der Waals surface area contributed by atoms with Crippen molar-refractivity contribution in [3.8, 4) is 0 Å². The van der Waals surface area contributed by atoms with E-state index in [2.05, 4.69) is 0 Å². The monoisotopic (exact) mass is 431 g/mol. The fourth-order valence-electron chi connectivity index (χ4n) is 4.09. The number of hydrogen-bond donors (Lipinski definition) is 2. The highest BCUT2D eigenvalue weighted by Gasteiger charge is 2.37. The zero-order valence-electron chi connectivity index (χ0n) is 16.7. The van der Waals surface area contributed by atoms with Crippen LogP contribution in [0.2, 0.25) is 5.02 Å². The number of pyridine rings is 1. The van der Waals surface area contributed by atoms with Gasteiger partial charge in [0.05, 0.1) is 12.3 Å². The first-order valence-corrected chi connectivity index (χ1v) is 10.3. The number of carbonyl (C=O) groups excluding carboxylic acids is 1. The van der Waals surface area contributed by atoms with E-state index in [1.807, 2.05) is 24.3 Å². The summed E-state index contributed by atoms with van der Waals surface area (Å²) in [6, 6.07) is 12.4. The second-order valence-corrected chi connectivity index (χ2v) is 8.48. The van der Waals surface area contributed by atoms with Crippen molar-refractivity contribution in [1.82, 2.24) is 4.90 Å². The van der Waals surface area contributed by atoms with Crippen molar-refractivity contribution in [2.75, 3.05) is 13.1 Å². The maximum atomic E-state index is 13.2. The number of carboxylic acid groups (broad SMARTS) is 1. The Kier molecular flexibility index (Phi) is 6.95. The molecule has 3 N–H and O–H groups in total. The molecule has 0 radical (unpaired) electrons. The van der Waals surface area contributed by atoms with Gasteiger partial charge in [0.15, 0.2) is 11.9 Å². The van der Waals surface area contributed by atoms with E-state index in [1.165, 1.54) is 6.20 Å². The Labute approximate surface area is 180 Å². The van der Waals surface area contributed by atoms with Crippen LogP contribution in [0.5, 0.6) is 0 Å². The van der Waals surface area contributed by atoms with Crippen LogP contribution in [-0.2, 0) is 22.4 Å². The first-order valence-electron chi connectivity index (χ1n) is 9.97. The molecule has 160 valence electrons. The highest BCUT2D eigenvalue weighted by Crippen LogP contribution is 2.26. The van der Waals surface area contributed by atoms with Gasteiger partial charge in [0.2, 0.25) is 5.91 Å². The van der Waals surface area contributed by atoms with E-state index < -0.39 is 17.4 Å². The maximum absolute atomic E-state index is 13.2. The number of nitrogens with two attached hydrogens (primary N) is 1. The third-order valence-electron chi connectivity index (χ3n) is 5.52. The quantitative estimate of drug-likeness (QED) is 0.515. The van der Waals surface area contributed by atoms with Crippen molar-refractivity contribution in [3.63, 3.8) is 0 Å². The molecule has 0 aliphatic carbocycles. The summed E-state index contributed by atoms with van der Waals surface area (Å²) in [5, 5.41) is 21.9. The van der Waals surface area contributed by atoms with Gasteiger partial charge in [-0.15, -0.1) is 0 Å². The number of piperidine rings is 1. The van der Waals surface area contributed by atoms with E-state index in [1.54, 1.807) is 23.1 Å². The largest absolute Gasteiger partial charge is 0.619 e. The van der Waals surface area contributed by atoms with Crippen molar-refractivity contribution in [3.05, 3.63) is 70.1 Å². The third-order valence-corrected chi connectivity index (χ3v) is 5.77. The lowest BCUT2D eigenvalue weighted by Gasteiger charge is -2.41. The molecule has 7 nitrogen and oxygen atoms in total. The van der Waals surface area contributed by atoms with Crippen LogP contribution in [0.25, 0.3) is 0 Å². The SMILES string of the molecule is N[C@@]1(Cc2ccc(Cl)cc2)CCCN(C(=O)C(CC(=O)O)Cc2cccc[n+]2[O-])C1. The first-order chi connectivity index (χ1) is 14.3. The summed E-state index contributed by atoms with van der Waals surface area (Å²) >= 11 is 5.95. The van der Waals surface area contributed by atoms with Gasteiger partial charge in [-0.3, -0.25) is 9.59 Å². The lowest BCUT2D eigenvalue weighted by atomic mass is 9.83. The van der Waals surface area contributed by atoms with Crippen LogP contribution in [-0.4, -0.2) is 40.5 Å². The Morgan fingerprint density at radius 1 is 1.27 bits per heavy atom. The van der Waals surface area contributed by atoms with Crippen LogP contribution in [0.4, 0.5) is 0 Å². The Morgan fingerprint density at radius 2 is 2.00 bits per heavy atom. The van der Waals surface area contributed by atoms with Crippen LogP contribution in [0, 0.1) is 11.1 Å². The summed E-state index contributed by atoms with van der Waals surface area (Å²) in [6.07, 6.45) is 3.18. The highest BCUT2D eigenvalue weighted by atomic mass is 35.5. The number of likely N-dealkylation sites (tertiary alicyclic amines) is 1. The number of carbonyl (C=O) groups is 2. The van der Waals surface area contributed by atoms with Gasteiger partial charge in [-0.25, -0.2) is 0 Å². The van der Waals surface area contributed by atoms with Crippen molar-refractivity contribution in [1.29, 1.82) is 0 Å². The number of halogens is 1. The van der Waals surface area contributed by atoms with E-state index in [0.29, 0.717) is 35.0 Å². The average molecular weight is 432 g/mol. The topological polar surface area (TPSA) is 111 Å². The van der Waals surface area contributed by atoms with Crippen LogP contribution >= 0.6 is 11.6 Å². The molecule has 30 heavy (non-hydrogen) atoms. The van der Waals surface area contributed by atoms with Crippen LogP contribution in [0.1, 0.15) is 30.5 Å². The Bertz CT molecular complexity index is 906.